The predicted molar refractivity (Wildman–Crippen MR) is 116 cm³/mol. The number of aryl methyl sites for hydroxylation is 2. The van der Waals surface area contributed by atoms with Crippen LogP contribution < -0.4 is 10.2 Å². The molecule has 0 unspecified atom stereocenters. The molecule has 0 fully saturated rings. The first-order valence-electron chi connectivity index (χ1n) is 9.96. The summed E-state index contributed by atoms with van der Waals surface area (Å²) in [6, 6.07) is 12.6. The van der Waals surface area contributed by atoms with E-state index in [4.69, 9.17) is 21.7 Å². The van der Waals surface area contributed by atoms with E-state index >= 15 is 0 Å². The minimum absolute atomic E-state index is 0.119. The Morgan fingerprint density at radius 1 is 1.10 bits per heavy atom. The third kappa shape index (κ3) is 3.68. The van der Waals surface area contributed by atoms with Crippen molar-refractivity contribution in [3.8, 4) is 17.4 Å². The number of hydrogen-bond acceptors (Lipinski definition) is 5. The fourth-order valence-corrected chi connectivity index (χ4v) is 4.10. The van der Waals surface area contributed by atoms with E-state index in [0.717, 1.165) is 24.1 Å². The summed E-state index contributed by atoms with van der Waals surface area (Å²) in [6.45, 7) is 1.45. The summed E-state index contributed by atoms with van der Waals surface area (Å²) in [5.74, 6) is 0.789. The molecule has 1 aliphatic heterocycles. The fourth-order valence-electron chi connectivity index (χ4n) is 3.97. The highest BCUT2D eigenvalue weighted by molar-refractivity contribution is 6.30. The molecule has 2 N–H and O–H groups in total. The Kier molecular flexibility index (Phi) is 4.95. The summed E-state index contributed by atoms with van der Waals surface area (Å²) in [4.78, 5) is 8.57. The van der Waals surface area contributed by atoms with Gasteiger partial charge in [-0.25, -0.2) is 9.97 Å². The Hall–Kier alpha value is -3.58. The number of rotatable bonds is 5. The van der Waals surface area contributed by atoms with Crippen LogP contribution in [0.2, 0.25) is 5.02 Å². The molecule has 4 aromatic rings. The zero-order valence-corrected chi connectivity index (χ0v) is 17.3. The van der Waals surface area contributed by atoms with Crippen LogP contribution in [0.3, 0.4) is 0 Å². The van der Waals surface area contributed by atoms with Gasteiger partial charge in [-0.05, 0) is 30.2 Å². The lowest BCUT2D eigenvalue weighted by molar-refractivity contribution is 0.411. The normalized spacial score (nSPS) is 14.5. The number of benzene rings is 2. The van der Waals surface area contributed by atoms with Gasteiger partial charge >= 0.3 is 0 Å². The van der Waals surface area contributed by atoms with E-state index in [1.165, 1.54) is 0 Å². The number of imidazole rings is 1. The van der Waals surface area contributed by atoms with E-state index < -0.39 is 0 Å². The van der Waals surface area contributed by atoms with Gasteiger partial charge in [0.15, 0.2) is 0 Å². The summed E-state index contributed by atoms with van der Waals surface area (Å²) in [6.07, 6.45) is 7.95. The largest absolute Gasteiger partial charge is 0.508 e. The number of nitrogens with zero attached hydrogens (tertiary/aromatic N) is 4. The molecule has 1 aliphatic rings. The van der Waals surface area contributed by atoms with Crippen LogP contribution in [-0.4, -0.2) is 24.2 Å². The molecule has 0 saturated carbocycles. The molecule has 2 aromatic carbocycles. The van der Waals surface area contributed by atoms with Gasteiger partial charge in [0.2, 0.25) is 5.88 Å². The number of phenolic OH excluding ortho intramolecular Hbond substituents is 1. The van der Waals surface area contributed by atoms with Crippen molar-refractivity contribution in [2.45, 2.75) is 25.4 Å². The second-order valence-electron chi connectivity index (χ2n) is 7.47. The Morgan fingerprint density at radius 3 is 2.71 bits per heavy atom. The molecule has 5 rings (SSSR count). The van der Waals surface area contributed by atoms with Gasteiger partial charge < -0.3 is 19.0 Å². The number of phenols is 1. The molecule has 0 spiro atoms. The van der Waals surface area contributed by atoms with Gasteiger partial charge in [0.05, 0.1) is 11.9 Å². The number of nitrogens with one attached hydrogen (secondary N) is 1. The van der Waals surface area contributed by atoms with Crippen molar-refractivity contribution in [2.24, 2.45) is 0 Å². The zero-order chi connectivity index (χ0) is 21.4. The molecule has 1 atom stereocenters. The first kappa shape index (κ1) is 19.4. The molecule has 3 heterocycles. The molecular formula is C23H20ClN5O2. The lowest BCUT2D eigenvalue weighted by atomic mass is 9.84. The van der Waals surface area contributed by atoms with E-state index in [9.17, 15) is 5.11 Å². The molecule has 0 saturated heterocycles. The molecule has 0 radical (unpaired) electrons. The first-order chi connectivity index (χ1) is 15.1. The Labute approximate surface area is 183 Å². The van der Waals surface area contributed by atoms with Crippen LogP contribution >= 0.6 is 11.6 Å². The SMILES string of the molecule is N=c1c2c(ncn1CCCn1ccnc1)Oc1cc(O)ccc1[C@@H]2c1ccc(Cl)cc1. The molecule has 31 heavy (non-hydrogen) atoms. The summed E-state index contributed by atoms with van der Waals surface area (Å²) in [5, 5.41) is 19.5. The second-order valence-corrected chi connectivity index (χ2v) is 7.90. The number of halogens is 1. The molecule has 7 nitrogen and oxygen atoms in total. The van der Waals surface area contributed by atoms with Crippen LogP contribution in [0.4, 0.5) is 0 Å². The topological polar surface area (TPSA) is 89.0 Å². The summed E-state index contributed by atoms with van der Waals surface area (Å²) in [5.41, 5.74) is 2.91. The van der Waals surface area contributed by atoms with Gasteiger partial charge in [-0.15, -0.1) is 0 Å². The van der Waals surface area contributed by atoms with Gasteiger partial charge in [-0.3, -0.25) is 5.41 Å². The molecule has 0 amide bonds. The molecule has 156 valence electrons. The van der Waals surface area contributed by atoms with Gasteiger partial charge in [-0.2, -0.15) is 0 Å². The van der Waals surface area contributed by atoms with Crippen molar-refractivity contribution in [3.63, 3.8) is 0 Å². The van der Waals surface area contributed by atoms with Gasteiger partial charge in [0.1, 0.15) is 23.3 Å². The van der Waals surface area contributed by atoms with E-state index in [1.54, 1.807) is 31.0 Å². The van der Waals surface area contributed by atoms with Crippen LogP contribution in [-0.2, 0) is 13.1 Å². The zero-order valence-electron chi connectivity index (χ0n) is 16.6. The fraction of sp³-hybridized carbons (Fsp3) is 0.174. The number of aromatic nitrogens is 4. The van der Waals surface area contributed by atoms with Gasteiger partial charge in [0.25, 0.3) is 0 Å². The second kappa shape index (κ2) is 7.92. The van der Waals surface area contributed by atoms with Crippen molar-refractivity contribution in [1.82, 2.24) is 19.1 Å². The van der Waals surface area contributed by atoms with Crippen LogP contribution in [0.5, 0.6) is 17.4 Å². The molecule has 2 aromatic heterocycles. The Bertz CT molecular complexity index is 1280. The highest BCUT2D eigenvalue weighted by Gasteiger charge is 2.32. The van der Waals surface area contributed by atoms with Crippen LogP contribution in [0.1, 0.15) is 29.0 Å². The van der Waals surface area contributed by atoms with E-state index in [1.807, 2.05) is 45.7 Å². The van der Waals surface area contributed by atoms with Crippen LogP contribution in [0.25, 0.3) is 0 Å². The maximum atomic E-state index is 9.94. The minimum Gasteiger partial charge on any atom is -0.508 e. The predicted octanol–water partition coefficient (Wildman–Crippen LogP) is 4.29. The Balaban J connectivity index is 1.56. The third-order valence-electron chi connectivity index (χ3n) is 5.47. The summed E-state index contributed by atoms with van der Waals surface area (Å²) in [7, 11) is 0. The number of ether oxygens (including phenoxy) is 1. The highest BCUT2D eigenvalue weighted by Crippen LogP contribution is 2.46. The monoisotopic (exact) mass is 433 g/mol. The Morgan fingerprint density at radius 2 is 1.94 bits per heavy atom. The van der Waals surface area contributed by atoms with Crippen molar-refractivity contribution in [3.05, 3.63) is 94.7 Å². The number of aromatic hydroxyl groups is 1. The van der Waals surface area contributed by atoms with E-state index in [2.05, 4.69) is 9.97 Å². The van der Waals surface area contributed by atoms with Gasteiger partial charge in [-0.1, -0.05) is 29.8 Å². The molecular weight excluding hydrogens is 414 g/mol. The third-order valence-corrected chi connectivity index (χ3v) is 5.72. The van der Waals surface area contributed by atoms with E-state index in [0.29, 0.717) is 34.2 Å². The first-order valence-corrected chi connectivity index (χ1v) is 10.3. The average molecular weight is 434 g/mol. The number of hydrogen-bond donors (Lipinski definition) is 2. The van der Waals surface area contributed by atoms with Gasteiger partial charge in [0, 0.05) is 48.1 Å². The average Bonchev–Trinajstić information content (AvgIpc) is 3.28. The maximum Gasteiger partial charge on any atom is 0.228 e. The smallest absolute Gasteiger partial charge is 0.228 e. The van der Waals surface area contributed by atoms with Crippen molar-refractivity contribution in [2.75, 3.05) is 0 Å². The lowest BCUT2D eigenvalue weighted by Crippen LogP contribution is -2.30. The maximum absolute atomic E-state index is 9.94. The molecule has 8 heteroatoms. The molecule has 0 bridgehead atoms. The summed E-state index contributed by atoms with van der Waals surface area (Å²) >= 11 is 6.11. The highest BCUT2D eigenvalue weighted by atomic mass is 35.5. The lowest BCUT2D eigenvalue weighted by Gasteiger charge is -2.28. The van der Waals surface area contributed by atoms with Crippen molar-refractivity contribution < 1.29 is 9.84 Å². The minimum atomic E-state index is -0.252. The van der Waals surface area contributed by atoms with E-state index in [-0.39, 0.29) is 11.7 Å². The van der Waals surface area contributed by atoms with Crippen molar-refractivity contribution >= 4 is 11.6 Å². The standard InChI is InChI=1S/C23H20ClN5O2/c24-16-4-2-15(3-5-16)20-18-7-6-17(30)12-19(18)31-23-21(20)22(25)29(14-27-23)10-1-9-28-11-8-26-13-28/h2-8,11-14,20,25,30H,1,9-10H2/t20-/m0/s1. The number of fused-ring (bicyclic) bond motifs is 2. The summed E-state index contributed by atoms with van der Waals surface area (Å²) < 4.78 is 9.84. The van der Waals surface area contributed by atoms with Crippen molar-refractivity contribution in [1.29, 1.82) is 5.41 Å². The van der Waals surface area contributed by atoms with Crippen LogP contribution in [0.15, 0.2) is 67.5 Å². The quantitative estimate of drug-likeness (QED) is 0.432. The molecule has 0 aliphatic carbocycles. The van der Waals surface area contributed by atoms with Crippen LogP contribution in [0, 0.1) is 5.41 Å².